The molecule has 0 bridgehead atoms. The first-order valence-corrected chi connectivity index (χ1v) is 8.63. The van der Waals surface area contributed by atoms with E-state index in [0.717, 1.165) is 29.2 Å². The molecule has 0 atom stereocenters. The van der Waals surface area contributed by atoms with Crippen molar-refractivity contribution in [2.75, 3.05) is 0 Å². The number of hydrogen-bond donors (Lipinski definition) is 1. The van der Waals surface area contributed by atoms with E-state index >= 15 is 0 Å². The van der Waals surface area contributed by atoms with Gasteiger partial charge in [0, 0.05) is 18.0 Å². The SMILES string of the molecule is Cc1cnc(C(=O)NCc2csc(CCc3ccccc3)n2)cn1. The quantitative estimate of drug-likeness (QED) is 0.750. The molecule has 0 aliphatic heterocycles. The molecule has 3 aromatic rings. The fourth-order valence-corrected chi connectivity index (χ4v) is 3.01. The Bertz CT molecular complexity index is 799. The summed E-state index contributed by atoms with van der Waals surface area (Å²) in [4.78, 5) is 24.7. The number of amides is 1. The average Bonchev–Trinajstić information content (AvgIpc) is 3.07. The van der Waals surface area contributed by atoms with E-state index in [1.54, 1.807) is 17.5 Å². The van der Waals surface area contributed by atoms with Gasteiger partial charge in [-0.1, -0.05) is 30.3 Å². The Morgan fingerprint density at radius 2 is 1.96 bits per heavy atom. The first kappa shape index (κ1) is 16.3. The van der Waals surface area contributed by atoms with E-state index < -0.39 is 0 Å². The summed E-state index contributed by atoms with van der Waals surface area (Å²) in [5.74, 6) is -0.235. The van der Waals surface area contributed by atoms with Crippen LogP contribution in [-0.2, 0) is 19.4 Å². The lowest BCUT2D eigenvalue weighted by Crippen LogP contribution is -2.24. The number of benzene rings is 1. The maximum absolute atomic E-state index is 12.0. The Morgan fingerprint density at radius 3 is 2.71 bits per heavy atom. The number of aromatic nitrogens is 3. The molecule has 1 amide bonds. The predicted molar refractivity (Wildman–Crippen MR) is 93.9 cm³/mol. The van der Waals surface area contributed by atoms with E-state index in [-0.39, 0.29) is 5.91 Å². The van der Waals surface area contributed by atoms with Crippen molar-refractivity contribution in [3.8, 4) is 0 Å². The van der Waals surface area contributed by atoms with E-state index in [0.29, 0.717) is 12.2 Å². The molecular formula is C18H18N4OS. The van der Waals surface area contributed by atoms with Crippen LogP contribution in [0.5, 0.6) is 0 Å². The van der Waals surface area contributed by atoms with Gasteiger partial charge in [0.1, 0.15) is 5.69 Å². The van der Waals surface area contributed by atoms with Crippen molar-refractivity contribution in [1.29, 1.82) is 0 Å². The van der Waals surface area contributed by atoms with E-state index in [1.165, 1.54) is 11.8 Å². The molecule has 0 fully saturated rings. The lowest BCUT2D eigenvalue weighted by atomic mass is 10.1. The van der Waals surface area contributed by atoms with Crippen molar-refractivity contribution in [3.05, 3.63) is 75.8 Å². The topological polar surface area (TPSA) is 67.8 Å². The van der Waals surface area contributed by atoms with Gasteiger partial charge in [0.15, 0.2) is 0 Å². The number of carbonyl (C=O) groups is 1. The van der Waals surface area contributed by atoms with Gasteiger partial charge in [-0.05, 0) is 18.9 Å². The first-order chi connectivity index (χ1) is 11.7. The van der Waals surface area contributed by atoms with E-state index in [1.807, 2.05) is 30.5 Å². The third-order valence-corrected chi connectivity index (χ3v) is 4.47. The number of nitrogens with one attached hydrogen (secondary N) is 1. The highest BCUT2D eigenvalue weighted by Crippen LogP contribution is 2.13. The van der Waals surface area contributed by atoms with Gasteiger partial charge in [-0.2, -0.15) is 0 Å². The molecule has 6 heteroatoms. The van der Waals surface area contributed by atoms with Gasteiger partial charge in [0.25, 0.3) is 5.91 Å². The number of hydrogen-bond acceptors (Lipinski definition) is 5. The summed E-state index contributed by atoms with van der Waals surface area (Å²) < 4.78 is 0. The molecule has 1 N–H and O–H groups in total. The van der Waals surface area contributed by atoms with Gasteiger partial charge in [-0.3, -0.25) is 9.78 Å². The van der Waals surface area contributed by atoms with Crippen LogP contribution in [-0.4, -0.2) is 20.9 Å². The summed E-state index contributed by atoms with van der Waals surface area (Å²) in [5, 5.41) is 5.89. The highest BCUT2D eigenvalue weighted by molar-refractivity contribution is 7.09. The van der Waals surface area contributed by atoms with Crippen LogP contribution >= 0.6 is 11.3 Å². The van der Waals surface area contributed by atoms with Gasteiger partial charge in [0.05, 0.1) is 29.1 Å². The number of carbonyl (C=O) groups excluding carboxylic acids is 1. The van der Waals surface area contributed by atoms with Gasteiger partial charge >= 0.3 is 0 Å². The number of rotatable bonds is 6. The zero-order chi connectivity index (χ0) is 16.8. The maximum Gasteiger partial charge on any atom is 0.271 e. The number of aryl methyl sites for hydroxylation is 3. The van der Waals surface area contributed by atoms with Crippen LogP contribution < -0.4 is 5.32 Å². The molecule has 0 saturated heterocycles. The summed E-state index contributed by atoms with van der Waals surface area (Å²) in [7, 11) is 0. The van der Waals surface area contributed by atoms with Crippen LogP contribution in [0.15, 0.2) is 48.1 Å². The number of thiazole rings is 1. The summed E-state index contributed by atoms with van der Waals surface area (Å²) in [6, 6.07) is 10.4. The molecule has 2 heterocycles. The van der Waals surface area contributed by atoms with Crippen molar-refractivity contribution in [1.82, 2.24) is 20.3 Å². The van der Waals surface area contributed by atoms with Crippen molar-refractivity contribution >= 4 is 17.2 Å². The van der Waals surface area contributed by atoms with Crippen molar-refractivity contribution in [3.63, 3.8) is 0 Å². The minimum atomic E-state index is -0.235. The van der Waals surface area contributed by atoms with Crippen LogP contribution in [0.2, 0.25) is 0 Å². The minimum Gasteiger partial charge on any atom is -0.345 e. The third kappa shape index (κ3) is 4.45. The first-order valence-electron chi connectivity index (χ1n) is 7.75. The molecule has 0 saturated carbocycles. The summed E-state index contributed by atoms with van der Waals surface area (Å²) in [6.45, 7) is 2.23. The van der Waals surface area contributed by atoms with Crippen LogP contribution in [0.3, 0.4) is 0 Å². The van der Waals surface area contributed by atoms with Crippen molar-refractivity contribution < 1.29 is 4.79 Å². The smallest absolute Gasteiger partial charge is 0.271 e. The Hall–Kier alpha value is -2.60. The highest BCUT2D eigenvalue weighted by Gasteiger charge is 2.09. The van der Waals surface area contributed by atoms with Gasteiger partial charge in [-0.15, -0.1) is 11.3 Å². The van der Waals surface area contributed by atoms with Crippen LogP contribution in [0.25, 0.3) is 0 Å². The van der Waals surface area contributed by atoms with E-state index in [9.17, 15) is 4.79 Å². The second-order valence-electron chi connectivity index (χ2n) is 5.44. The zero-order valence-corrected chi connectivity index (χ0v) is 14.2. The van der Waals surface area contributed by atoms with Crippen molar-refractivity contribution in [2.45, 2.75) is 26.3 Å². The summed E-state index contributed by atoms with van der Waals surface area (Å²) in [5.41, 5.74) is 3.28. The molecule has 5 nitrogen and oxygen atoms in total. The van der Waals surface area contributed by atoms with E-state index in [2.05, 4.69) is 32.4 Å². The maximum atomic E-state index is 12.0. The lowest BCUT2D eigenvalue weighted by Gasteiger charge is -2.02. The van der Waals surface area contributed by atoms with Gasteiger partial charge < -0.3 is 5.32 Å². The van der Waals surface area contributed by atoms with Crippen LogP contribution in [0.1, 0.15) is 32.4 Å². The molecule has 0 radical (unpaired) electrons. The largest absolute Gasteiger partial charge is 0.345 e. The fraction of sp³-hybridized carbons (Fsp3) is 0.222. The molecule has 0 spiro atoms. The zero-order valence-electron chi connectivity index (χ0n) is 13.4. The molecule has 0 unspecified atom stereocenters. The molecule has 1 aromatic carbocycles. The standard InChI is InChI=1S/C18H18N4OS/c1-13-9-20-16(11-19-13)18(23)21-10-15-12-24-17(22-15)8-7-14-5-3-2-4-6-14/h2-6,9,11-12H,7-8,10H2,1H3,(H,21,23). The Morgan fingerprint density at radius 1 is 1.12 bits per heavy atom. The lowest BCUT2D eigenvalue weighted by molar-refractivity contribution is 0.0945. The summed E-state index contributed by atoms with van der Waals surface area (Å²) in [6.07, 6.45) is 4.95. The molecule has 24 heavy (non-hydrogen) atoms. The monoisotopic (exact) mass is 338 g/mol. The van der Waals surface area contributed by atoms with Crippen LogP contribution in [0, 0.1) is 6.92 Å². The van der Waals surface area contributed by atoms with E-state index in [4.69, 9.17) is 0 Å². The molecule has 3 rings (SSSR count). The Labute approximate surface area is 144 Å². The van der Waals surface area contributed by atoms with Crippen molar-refractivity contribution in [2.24, 2.45) is 0 Å². The van der Waals surface area contributed by atoms with Gasteiger partial charge in [0.2, 0.25) is 0 Å². The molecule has 0 aliphatic carbocycles. The second-order valence-corrected chi connectivity index (χ2v) is 6.39. The minimum absolute atomic E-state index is 0.235. The third-order valence-electron chi connectivity index (χ3n) is 3.51. The average molecular weight is 338 g/mol. The molecule has 122 valence electrons. The normalized spacial score (nSPS) is 10.5. The second kappa shape index (κ2) is 7.79. The van der Waals surface area contributed by atoms with Gasteiger partial charge in [-0.25, -0.2) is 9.97 Å². The predicted octanol–water partition coefficient (Wildman–Crippen LogP) is 2.96. The Kier molecular flexibility index (Phi) is 5.28. The molecular weight excluding hydrogens is 320 g/mol. The molecule has 0 aliphatic rings. The fourth-order valence-electron chi connectivity index (χ4n) is 2.21. The molecule has 2 aromatic heterocycles. The number of nitrogens with zero attached hydrogens (tertiary/aromatic N) is 3. The Balaban J connectivity index is 1.50. The van der Waals surface area contributed by atoms with Crippen LogP contribution in [0.4, 0.5) is 0 Å². The highest BCUT2D eigenvalue weighted by atomic mass is 32.1. The summed E-state index contributed by atoms with van der Waals surface area (Å²) >= 11 is 1.63.